The summed E-state index contributed by atoms with van der Waals surface area (Å²) in [7, 11) is -3.13. The van der Waals surface area contributed by atoms with Crippen molar-refractivity contribution < 1.29 is 13.6 Å². The minimum atomic E-state index is -3.13. The number of aromatic nitrogens is 3. The summed E-state index contributed by atoms with van der Waals surface area (Å²) in [5, 5.41) is 4.93. The van der Waals surface area contributed by atoms with Crippen LogP contribution in [0, 0.1) is 0 Å². The highest BCUT2D eigenvalue weighted by atomic mass is 31.2. The van der Waals surface area contributed by atoms with Crippen molar-refractivity contribution in [2.45, 2.75) is 32.2 Å². The molecule has 2 N–H and O–H groups in total. The predicted molar refractivity (Wildman–Crippen MR) is 143 cm³/mol. The molecule has 0 atom stereocenters. The largest absolute Gasteiger partial charge is 0.368 e. The smallest absolute Gasteiger partial charge is 0.330 e. The number of anilines is 1. The second kappa shape index (κ2) is 11.7. The van der Waals surface area contributed by atoms with Crippen molar-refractivity contribution >= 4 is 13.5 Å². The van der Waals surface area contributed by atoms with E-state index in [4.69, 9.17) is 19.9 Å². The van der Waals surface area contributed by atoms with Crippen LogP contribution < -0.4 is 5.73 Å². The Hall–Kier alpha value is -3.25. The van der Waals surface area contributed by atoms with Gasteiger partial charge >= 0.3 is 7.60 Å². The van der Waals surface area contributed by atoms with E-state index in [-0.39, 0.29) is 0 Å². The van der Waals surface area contributed by atoms with Crippen LogP contribution in [-0.4, -0.2) is 34.1 Å². The Bertz CT molecular complexity index is 1170. The van der Waals surface area contributed by atoms with E-state index in [0.717, 1.165) is 16.7 Å². The molecule has 0 aliphatic carbocycles. The average molecular weight is 505 g/mol. The summed E-state index contributed by atoms with van der Waals surface area (Å²) in [6.45, 7) is 4.30. The number of aryl methyl sites for hydroxylation is 1. The molecule has 0 saturated carbocycles. The van der Waals surface area contributed by atoms with Crippen molar-refractivity contribution in [1.82, 2.24) is 14.8 Å². The van der Waals surface area contributed by atoms with Crippen molar-refractivity contribution in [1.29, 1.82) is 0 Å². The fourth-order valence-corrected chi connectivity index (χ4v) is 6.28. The van der Waals surface area contributed by atoms with E-state index in [1.165, 1.54) is 0 Å². The number of nitrogens with two attached hydrogens (primary N) is 1. The van der Waals surface area contributed by atoms with Gasteiger partial charge in [-0.1, -0.05) is 91.0 Å². The van der Waals surface area contributed by atoms with E-state index < -0.39 is 13.1 Å². The maximum Gasteiger partial charge on any atom is 0.330 e. The zero-order chi connectivity index (χ0) is 25.4. The number of rotatable bonds is 12. The lowest BCUT2D eigenvalue weighted by molar-refractivity contribution is 0.220. The summed E-state index contributed by atoms with van der Waals surface area (Å²) >= 11 is 0. The Morgan fingerprint density at radius 1 is 0.806 bits per heavy atom. The molecule has 8 heteroatoms. The Morgan fingerprint density at radius 3 is 1.67 bits per heavy atom. The van der Waals surface area contributed by atoms with Gasteiger partial charge in [-0.25, -0.2) is 4.68 Å². The van der Waals surface area contributed by atoms with E-state index in [2.05, 4.69) is 41.4 Å². The minimum absolute atomic E-state index is 0.296. The first-order chi connectivity index (χ1) is 17.5. The summed E-state index contributed by atoms with van der Waals surface area (Å²) in [5.41, 5.74) is 8.80. The maximum atomic E-state index is 12.9. The molecular formula is C28H33N4O3P. The number of hydrogen-bond acceptors (Lipinski definition) is 6. The van der Waals surface area contributed by atoms with Gasteiger partial charge in [0.15, 0.2) is 5.82 Å². The first kappa shape index (κ1) is 25.8. The van der Waals surface area contributed by atoms with Crippen LogP contribution in [0.25, 0.3) is 0 Å². The van der Waals surface area contributed by atoms with Crippen molar-refractivity contribution in [2.24, 2.45) is 0 Å². The molecule has 0 unspecified atom stereocenters. The first-order valence-corrected chi connectivity index (χ1v) is 14.0. The molecule has 0 spiro atoms. The average Bonchev–Trinajstić information content (AvgIpc) is 3.27. The van der Waals surface area contributed by atoms with Crippen molar-refractivity contribution in [3.05, 3.63) is 114 Å². The molecule has 1 heterocycles. The molecule has 3 aromatic carbocycles. The van der Waals surface area contributed by atoms with Gasteiger partial charge in [-0.05, 0) is 37.0 Å². The molecular weight excluding hydrogens is 471 g/mol. The maximum absolute atomic E-state index is 12.9. The molecule has 0 aliphatic rings. The topological polar surface area (TPSA) is 92.3 Å². The molecule has 7 nitrogen and oxygen atoms in total. The highest BCUT2D eigenvalue weighted by Crippen LogP contribution is 2.48. The number of nitrogen functional groups attached to an aromatic ring is 1. The van der Waals surface area contributed by atoms with Gasteiger partial charge in [0.05, 0.1) is 19.4 Å². The third-order valence-electron chi connectivity index (χ3n) is 6.05. The van der Waals surface area contributed by atoms with Crippen molar-refractivity contribution in [2.75, 3.05) is 25.1 Å². The van der Waals surface area contributed by atoms with Crippen LogP contribution in [-0.2, 0) is 25.6 Å². The molecule has 0 radical (unpaired) electrons. The fraction of sp³-hybridized carbons (Fsp3) is 0.286. The normalized spacial score (nSPS) is 12.1. The fourth-order valence-electron chi connectivity index (χ4n) is 4.62. The lowest BCUT2D eigenvalue weighted by Gasteiger charge is -2.36. The second-order valence-corrected chi connectivity index (χ2v) is 10.6. The molecule has 0 amide bonds. The van der Waals surface area contributed by atoms with E-state index in [0.29, 0.717) is 44.0 Å². The van der Waals surface area contributed by atoms with E-state index >= 15 is 0 Å². The molecule has 0 bridgehead atoms. The molecule has 4 aromatic rings. The zero-order valence-electron chi connectivity index (χ0n) is 20.8. The highest BCUT2D eigenvalue weighted by molar-refractivity contribution is 7.53. The SMILES string of the molecule is CCOP(=O)(CCCc1nc(N)n(C(c2ccccc2)(c2ccccc2)c2ccccc2)n1)OCC. The Kier molecular flexibility index (Phi) is 8.36. The highest BCUT2D eigenvalue weighted by Gasteiger charge is 2.41. The second-order valence-electron chi connectivity index (χ2n) is 8.38. The van der Waals surface area contributed by atoms with Gasteiger partial charge in [-0.3, -0.25) is 4.57 Å². The van der Waals surface area contributed by atoms with Crippen LogP contribution in [0.15, 0.2) is 91.0 Å². The van der Waals surface area contributed by atoms with Crippen LogP contribution in [0.1, 0.15) is 42.8 Å². The molecule has 0 saturated heterocycles. The molecule has 1 aromatic heterocycles. The molecule has 0 aliphatic heterocycles. The van der Waals surface area contributed by atoms with E-state index in [9.17, 15) is 4.57 Å². The van der Waals surface area contributed by atoms with Crippen LogP contribution in [0.2, 0.25) is 0 Å². The van der Waals surface area contributed by atoms with Gasteiger partial charge in [-0.2, -0.15) is 10.1 Å². The quantitative estimate of drug-likeness (QED) is 0.191. The predicted octanol–water partition coefficient (Wildman–Crippen LogP) is 5.90. The van der Waals surface area contributed by atoms with Crippen molar-refractivity contribution in [3.63, 3.8) is 0 Å². The number of nitrogens with zero attached hydrogens (tertiary/aromatic N) is 3. The van der Waals surface area contributed by atoms with Gasteiger partial charge in [0.1, 0.15) is 5.54 Å². The van der Waals surface area contributed by atoms with Crippen LogP contribution in [0.5, 0.6) is 0 Å². The third-order valence-corrected chi connectivity index (χ3v) is 8.22. The summed E-state index contributed by atoms with van der Waals surface area (Å²) in [6.07, 6.45) is 1.34. The van der Waals surface area contributed by atoms with Crippen LogP contribution >= 0.6 is 7.60 Å². The molecule has 188 valence electrons. The number of hydrogen-bond donors (Lipinski definition) is 1. The monoisotopic (exact) mass is 504 g/mol. The Labute approximate surface area is 212 Å². The van der Waals surface area contributed by atoms with E-state index in [1.807, 2.05) is 73.1 Å². The molecule has 4 rings (SSSR count). The van der Waals surface area contributed by atoms with Gasteiger partial charge in [0.2, 0.25) is 5.95 Å². The van der Waals surface area contributed by atoms with Crippen LogP contribution in [0.4, 0.5) is 5.95 Å². The first-order valence-electron chi connectivity index (χ1n) is 12.3. The molecule has 0 fully saturated rings. The van der Waals surface area contributed by atoms with Crippen molar-refractivity contribution in [3.8, 4) is 0 Å². The summed E-state index contributed by atoms with van der Waals surface area (Å²) in [4.78, 5) is 4.62. The zero-order valence-corrected chi connectivity index (χ0v) is 21.7. The Balaban J connectivity index is 1.78. The van der Waals surface area contributed by atoms with E-state index in [1.54, 1.807) is 0 Å². The third kappa shape index (κ3) is 5.29. The van der Waals surface area contributed by atoms with Gasteiger partial charge in [0.25, 0.3) is 0 Å². The lowest BCUT2D eigenvalue weighted by Crippen LogP contribution is -2.39. The lowest BCUT2D eigenvalue weighted by atomic mass is 9.77. The molecule has 36 heavy (non-hydrogen) atoms. The number of benzene rings is 3. The summed E-state index contributed by atoms with van der Waals surface area (Å²) in [6, 6.07) is 30.6. The minimum Gasteiger partial charge on any atom is -0.368 e. The summed E-state index contributed by atoms with van der Waals surface area (Å²) < 4.78 is 25.5. The summed E-state index contributed by atoms with van der Waals surface area (Å²) in [5.74, 6) is 0.888. The van der Waals surface area contributed by atoms with Gasteiger partial charge in [0, 0.05) is 6.42 Å². The van der Waals surface area contributed by atoms with Crippen LogP contribution in [0.3, 0.4) is 0 Å². The van der Waals surface area contributed by atoms with Gasteiger partial charge < -0.3 is 14.8 Å². The van der Waals surface area contributed by atoms with Gasteiger partial charge in [-0.15, -0.1) is 0 Å². The standard InChI is InChI=1S/C28H33N4O3P/c1-3-34-36(33,35-4-2)22-14-21-26-30-27(29)32(31-26)28(23-15-8-5-9-16-23,24-17-10-6-11-18-24)25-19-12-7-13-20-25/h5-13,15-20H,3-4,14,21-22H2,1-2H3,(H2,29,30,31). The Morgan fingerprint density at radius 2 is 1.25 bits per heavy atom.